The Hall–Kier alpha value is -3.13. The van der Waals surface area contributed by atoms with Crippen molar-refractivity contribution in [3.05, 3.63) is 59.8 Å². The maximum atomic E-state index is 12.1. The fourth-order valence-corrected chi connectivity index (χ4v) is 1.71. The second-order valence-electron chi connectivity index (χ2n) is 4.08. The highest BCUT2D eigenvalue weighted by molar-refractivity contribution is 6.09. The van der Waals surface area contributed by atoms with E-state index in [1.54, 1.807) is 42.6 Å². The lowest BCUT2D eigenvalue weighted by atomic mass is 10.1. The second kappa shape index (κ2) is 6.87. The van der Waals surface area contributed by atoms with Crippen LogP contribution in [-0.2, 0) is 4.79 Å². The first kappa shape index (κ1) is 14.3. The van der Waals surface area contributed by atoms with Crippen LogP contribution in [0.1, 0.15) is 5.56 Å². The molecule has 5 heteroatoms. The third kappa shape index (κ3) is 3.67. The first-order valence-corrected chi connectivity index (χ1v) is 6.22. The van der Waals surface area contributed by atoms with Gasteiger partial charge >= 0.3 is 0 Å². The molecule has 0 bridgehead atoms. The average molecular weight is 279 g/mol. The van der Waals surface area contributed by atoms with E-state index in [9.17, 15) is 4.79 Å². The lowest BCUT2D eigenvalue weighted by Crippen LogP contribution is -2.14. The Morgan fingerprint density at radius 1 is 1.29 bits per heavy atom. The normalized spacial score (nSPS) is 10.6. The van der Waals surface area contributed by atoms with Gasteiger partial charge in [-0.3, -0.25) is 4.79 Å². The molecule has 0 aliphatic heterocycles. The number of carbonyl (C=O) groups is 1. The van der Waals surface area contributed by atoms with Gasteiger partial charge in [0.15, 0.2) is 0 Å². The summed E-state index contributed by atoms with van der Waals surface area (Å²) in [5, 5.41) is 11.7. The molecule has 0 atom stereocenters. The SMILES string of the molecule is COc1ccccc1/C=C(\C#N)C(=O)Nc1ccccn1. The molecule has 1 aromatic carbocycles. The van der Waals surface area contributed by atoms with Crippen molar-refractivity contribution in [1.29, 1.82) is 5.26 Å². The van der Waals surface area contributed by atoms with Gasteiger partial charge in [0.2, 0.25) is 0 Å². The van der Waals surface area contributed by atoms with Gasteiger partial charge in [0, 0.05) is 11.8 Å². The number of benzene rings is 1. The van der Waals surface area contributed by atoms with Crippen molar-refractivity contribution >= 4 is 17.8 Å². The molecule has 0 radical (unpaired) electrons. The Balaban J connectivity index is 2.25. The number of aromatic nitrogens is 1. The molecule has 0 unspecified atom stereocenters. The molecule has 5 nitrogen and oxygen atoms in total. The van der Waals surface area contributed by atoms with Crippen molar-refractivity contribution in [2.75, 3.05) is 12.4 Å². The van der Waals surface area contributed by atoms with E-state index in [-0.39, 0.29) is 5.57 Å². The average Bonchev–Trinajstić information content (AvgIpc) is 2.53. The summed E-state index contributed by atoms with van der Waals surface area (Å²) in [6.45, 7) is 0. The topological polar surface area (TPSA) is 75.0 Å². The molecule has 0 aliphatic carbocycles. The zero-order valence-corrected chi connectivity index (χ0v) is 11.4. The summed E-state index contributed by atoms with van der Waals surface area (Å²) in [4.78, 5) is 16.0. The van der Waals surface area contributed by atoms with Gasteiger partial charge in [0.1, 0.15) is 23.2 Å². The van der Waals surface area contributed by atoms with Gasteiger partial charge in [-0.15, -0.1) is 0 Å². The molecule has 1 heterocycles. The minimum absolute atomic E-state index is 0.0230. The lowest BCUT2D eigenvalue weighted by Gasteiger charge is -2.05. The summed E-state index contributed by atoms with van der Waals surface area (Å²) >= 11 is 0. The molecule has 0 aliphatic rings. The summed E-state index contributed by atoms with van der Waals surface area (Å²) in [6.07, 6.45) is 3.04. The van der Waals surface area contributed by atoms with Gasteiger partial charge in [-0.2, -0.15) is 5.26 Å². The molecule has 2 rings (SSSR count). The van der Waals surface area contributed by atoms with Crippen molar-refractivity contribution in [3.8, 4) is 11.8 Å². The van der Waals surface area contributed by atoms with E-state index in [4.69, 9.17) is 10.00 Å². The van der Waals surface area contributed by atoms with E-state index in [1.165, 1.54) is 13.2 Å². The molecule has 1 amide bonds. The molecule has 1 aromatic heterocycles. The van der Waals surface area contributed by atoms with E-state index in [0.29, 0.717) is 17.1 Å². The van der Waals surface area contributed by atoms with Gasteiger partial charge in [0.25, 0.3) is 5.91 Å². The fourth-order valence-electron chi connectivity index (χ4n) is 1.71. The smallest absolute Gasteiger partial charge is 0.267 e. The summed E-state index contributed by atoms with van der Waals surface area (Å²) in [6, 6.07) is 14.2. The largest absolute Gasteiger partial charge is 0.496 e. The van der Waals surface area contributed by atoms with Crippen LogP contribution in [0.2, 0.25) is 0 Å². The first-order valence-electron chi connectivity index (χ1n) is 6.22. The monoisotopic (exact) mass is 279 g/mol. The highest BCUT2D eigenvalue weighted by Crippen LogP contribution is 2.20. The molecular formula is C16H13N3O2. The third-order valence-electron chi connectivity index (χ3n) is 2.71. The van der Waals surface area contributed by atoms with Crippen LogP contribution in [-0.4, -0.2) is 18.0 Å². The molecule has 0 fully saturated rings. The molecule has 0 saturated heterocycles. The lowest BCUT2D eigenvalue weighted by molar-refractivity contribution is -0.112. The Kier molecular flexibility index (Phi) is 4.67. The number of rotatable bonds is 4. The summed E-state index contributed by atoms with van der Waals surface area (Å²) in [5.41, 5.74) is 0.637. The number of pyridine rings is 1. The zero-order chi connectivity index (χ0) is 15.1. The number of nitriles is 1. The first-order chi connectivity index (χ1) is 10.2. The maximum absolute atomic E-state index is 12.1. The van der Waals surface area contributed by atoms with Gasteiger partial charge in [-0.25, -0.2) is 4.98 Å². The number of ether oxygens (including phenoxy) is 1. The minimum Gasteiger partial charge on any atom is -0.496 e. The van der Waals surface area contributed by atoms with Gasteiger partial charge in [-0.05, 0) is 24.3 Å². The molecular weight excluding hydrogens is 266 g/mol. The number of hydrogen-bond donors (Lipinski definition) is 1. The Labute approximate surface area is 122 Å². The van der Waals surface area contributed by atoms with E-state index in [0.717, 1.165) is 0 Å². The van der Waals surface area contributed by atoms with E-state index >= 15 is 0 Å². The highest BCUT2D eigenvalue weighted by atomic mass is 16.5. The minimum atomic E-state index is -0.512. The number of para-hydroxylation sites is 1. The Morgan fingerprint density at radius 3 is 2.71 bits per heavy atom. The Bertz CT molecular complexity index is 703. The predicted molar refractivity (Wildman–Crippen MR) is 79.5 cm³/mol. The second-order valence-corrected chi connectivity index (χ2v) is 4.08. The summed E-state index contributed by atoms with van der Waals surface area (Å²) in [5.74, 6) is 0.474. The van der Waals surface area contributed by atoms with Crippen LogP contribution in [0.25, 0.3) is 6.08 Å². The number of nitrogens with one attached hydrogen (secondary N) is 1. The molecule has 1 N–H and O–H groups in total. The van der Waals surface area contributed by atoms with Crippen LogP contribution >= 0.6 is 0 Å². The number of nitrogens with zero attached hydrogens (tertiary/aromatic N) is 2. The van der Waals surface area contributed by atoms with Crippen LogP contribution in [0.4, 0.5) is 5.82 Å². The van der Waals surface area contributed by atoms with Crippen LogP contribution in [0.15, 0.2) is 54.2 Å². The number of carbonyl (C=O) groups excluding carboxylic acids is 1. The Morgan fingerprint density at radius 2 is 2.05 bits per heavy atom. The van der Waals surface area contributed by atoms with Crippen LogP contribution in [0.5, 0.6) is 5.75 Å². The third-order valence-corrected chi connectivity index (χ3v) is 2.71. The highest BCUT2D eigenvalue weighted by Gasteiger charge is 2.11. The molecule has 2 aromatic rings. The number of amides is 1. The van der Waals surface area contributed by atoms with Crippen LogP contribution in [0, 0.1) is 11.3 Å². The van der Waals surface area contributed by atoms with Crippen molar-refractivity contribution in [3.63, 3.8) is 0 Å². The maximum Gasteiger partial charge on any atom is 0.267 e. The van der Waals surface area contributed by atoms with Crippen LogP contribution < -0.4 is 10.1 Å². The van der Waals surface area contributed by atoms with Gasteiger partial charge in [0.05, 0.1) is 7.11 Å². The standard InChI is InChI=1S/C16H13N3O2/c1-21-14-7-3-2-6-12(14)10-13(11-17)16(20)19-15-8-4-5-9-18-15/h2-10H,1H3,(H,18,19,20)/b13-10+. The summed E-state index contributed by atoms with van der Waals surface area (Å²) in [7, 11) is 1.53. The van der Waals surface area contributed by atoms with Crippen LogP contribution in [0.3, 0.4) is 0 Å². The van der Waals surface area contributed by atoms with Gasteiger partial charge in [-0.1, -0.05) is 24.3 Å². The van der Waals surface area contributed by atoms with Crippen molar-refractivity contribution < 1.29 is 9.53 Å². The van der Waals surface area contributed by atoms with Gasteiger partial charge < -0.3 is 10.1 Å². The quantitative estimate of drug-likeness (QED) is 0.689. The number of hydrogen-bond acceptors (Lipinski definition) is 4. The van der Waals surface area contributed by atoms with Crippen molar-refractivity contribution in [2.45, 2.75) is 0 Å². The van der Waals surface area contributed by atoms with Crippen molar-refractivity contribution in [1.82, 2.24) is 4.98 Å². The fraction of sp³-hybridized carbons (Fsp3) is 0.0625. The molecule has 0 saturated carbocycles. The van der Waals surface area contributed by atoms with E-state index < -0.39 is 5.91 Å². The number of anilines is 1. The predicted octanol–water partition coefficient (Wildman–Crippen LogP) is 2.64. The van der Waals surface area contributed by atoms with E-state index in [2.05, 4.69) is 10.3 Å². The number of methoxy groups -OCH3 is 1. The summed E-state index contributed by atoms with van der Waals surface area (Å²) < 4.78 is 5.19. The van der Waals surface area contributed by atoms with E-state index in [1.807, 2.05) is 12.1 Å². The molecule has 104 valence electrons. The van der Waals surface area contributed by atoms with Crippen molar-refractivity contribution in [2.24, 2.45) is 0 Å². The molecule has 21 heavy (non-hydrogen) atoms. The molecule has 0 spiro atoms. The zero-order valence-electron chi connectivity index (χ0n) is 11.4.